The Bertz CT molecular complexity index is 1200. The van der Waals surface area contributed by atoms with Gasteiger partial charge in [-0.05, 0) is 24.3 Å². The molecule has 4 aromatic rings. The number of nitrogens with one attached hydrogen (secondary N) is 1. The van der Waals surface area contributed by atoms with Crippen molar-refractivity contribution in [3.05, 3.63) is 66.2 Å². The molecule has 0 unspecified atom stereocenters. The molecule has 0 aliphatic rings. The average molecular weight is 419 g/mol. The number of benzene rings is 2. The number of carbonyl (C=O) groups is 1. The molecule has 31 heavy (non-hydrogen) atoms. The van der Waals surface area contributed by atoms with Crippen LogP contribution in [0.15, 0.2) is 59.1 Å². The summed E-state index contributed by atoms with van der Waals surface area (Å²) in [5.41, 5.74) is 2.53. The van der Waals surface area contributed by atoms with Gasteiger partial charge in [0, 0.05) is 18.2 Å². The average Bonchev–Trinajstić information content (AvgIpc) is 3.44. The van der Waals surface area contributed by atoms with E-state index in [0.717, 1.165) is 11.1 Å². The third-order valence-electron chi connectivity index (χ3n) is 4.70. The lowest BCUT2D eigenvalue weighted by atomic mass is 10.1. The minimum atomic E-state index is -0.317. The van der Waals surface area contributed by atoms with Crippen LogP contribution >= 0.6 is 0 Å². The Labute approximate surface area is 178 Å². The van der Waals surface area contributed by atoms with Gasteiger partial charge in [-0.1, -0.05) is 35.5 Å². The fourth-order valence-corrected chi connectivity index (χ4v) is 3.10. The molecule has 2 heterocycles. The molecule has 0 aliphatic heterocycles. The second-order valence-electron chi connectivity index (χ2n) is 6.67. The van der Waals surface area contributed by atoms with Crippen molar-refractivity contribution in [1.82, 2.24) is 25.2 Å². The first kappa shape index (κ1) is 20.1. The smallest absolute Gasteiger partial charge is 0.269 e. The second kappa shape index (κ2) is 8.70. The van der Waals surface area contributed by atoms with Crippen LogP contribution in [0.5, 0.6) is 11.5 Å². The molecule has 2 aromatic carbocycles. The molecule has 1 amide bonds. The summed E-state index contributed by atoms with van der Waals surface area (Å²) in [7, 11) is 4.87. The van der Waals surface area contributed by atoms with Gasteiger partial charge in [-0.3, -0.25) is 9.48 Å². The monoisotopic (exact) mass is 419 g/mol. The minimum Gasteiger partial charge on any atom is -0.497 e. The van der Waals surface area contributed by atoms with E-state index in [9.17, 15) is 4.79 Å². The van der Waals surface area contributed by atoms with Crippen LogP contribution in [0.4, 0.5) is 0 Å². The summed E-state index contributed by atoms with van der Waals surface area (Å²) in [6, 6.07) is 16.6. The van der Waals surface area contributed by atoms with Crippen molar-refractivity contribution in [1.29, 1.82) is 0 Å². The first-order valence-corrected chi connectivity index (χ1v) is 9.51. The number of hydrogen-bond acceptors (Lipinski definition) is 7. The van der Waals surface area contributed by atoms with Crippen molar-refractivity contribution in [2.24, 2.45) is 7.05 Å². The maximum atomic E-state index is 12.7. The number of hydrogen-bond donors (Lipinski definition) is 1. The zero-order valence-electron chi connectivity index (χ0n) is 17.3. The number of methoxy groups -OCH3 is 2. The predicted octanol–water partition coefficient (Wildman–Crippen LogP) is 3.08. The number of aryl methyl sites for hydroxylation is 1. The Kier molecular flexibility index (Phi) is 5.65. The summed E-state index contributed by atoms with van der Waals surface area (Å²) >= 11 is 0. The molecule has 158 valence electrons. The van der Waals surface area contributed by atoms with E-state index < -0.39 is 0 Å². The summed E-state index contributed by atoms with van der Waals surface area (Å²) in [5.74, 6) is 1.76. The fraction of sp³-hybridized carbons (Fsp3) is 0.182. The molecule has 0 radical (unpaired) electrons. The molecule has 1 N–H and O–H groups in total. The summed E-state index contributed by atoms with van der Waals surface area (Å²) in [5, 5.41) is 11.2. The molecule has 0 atom stereocenters. The van der Waals surface area contributed by atoms with E-state index in [1.807, 2.05) is 36.4 Å². The van der Waals surface area contributed by atoms with Crippen LogP contribution < -0.4 is 14.8 Å². The van der Waals surface area contributed by atoms with E-state index in [-0.39, 0.29) is 12.5 Å². The number of nitrogens with zero attached hydrogens (tertiary/aromatic N) is 4. The number of aromatic nitrogens is 4. The summed E-state index contributed by atoms with van der Waals surface area (Å²) in [6.45, 7) is 0.0989. The summed E-state index contributed by atoms with van der Waals surface area (Å²) in [4.78, 5) is 17.0. The van der Waals surface area contributed by atoms with Crippen molar-refractivity contribution in [2.45, 2.75) is 6.54 Å². The van der Waals surface area contributed by atoms with Gasteiger partial charge in [0.2, 0.25) is 11.7 Å². The van der Waals surface area contributed by atoms with Crippen molar-refractivity contribution < 1.29 is 18.8 Å². The van der Waals surface area contributed by atoms with Crippen molar-refractivity contribution >= 4 is 5.91 Å². The quantitative estimate of drug-likeness (QED) is 0.491. The standard InChI is InChI=1S/C22H21N5O4/c1-27-18(12-17(25-27)16-11-15(29-2)9-10-19(16)30-3)22(28)23-13-20-24-21(26-31-20)14-7-5-4-6-8-14/h4-12H,13H2,1-3H3,(H,23,28). The van der Waals surface area contributed by atoms with Gasteiger partial charge >= 0.3 is 0 Å². The van der Waals surface area contributed by atoms with Gasteiger partial charge in [-0.25, -0.2) is 0 Å². The summed E-state index contributed by atoms with van der Waals surface area (Å²) < 4.78 is 17.5. The van der Waals surface area contributed by atoms with Gasteiger partial charge in [0.05, 0.1) is 26.5 Å². The third-order valence-corrected chi connectivity index (χ3v) is 4.70. The Hall–Kier alpha value is -4.14. The van der Waals surface area contributed by atoms with Crippen LogP contribution in [0.1, 0.15) is 16.4 Å². The normalized spacial score (nSPS) is 10.7. The number of amides is 1. The van der Waals surface area contributed by atoms with Crippen molar-refractivity contribution in [3.63, 3.8) is 0 Å². The van der Waals surface area contributed by atoms with Crippen LogP contribution in [0.2, 0.25) is 0 Å². The van der Waals surface area contributed by atoms with Crippen LogP contribution in [0, 0.1) is 0 Å². The molecule has 9 heteroatoms. The lowest BCUT2D eigenvalue weighted by molar-refractivity contribution is 0.0937. The Morgan fingerprint density at radius 1 is 1.10 bits per heavy atom. The molecule has 2 aromatic heterocycles. The van der Waals surface area contributed by atoms with Crippen molar-refractivity contribution in [2.75, 3.05) is 14.2 Å². The highest BCUT2D eigenvalue weighted by Crippen LogP contribution is 2.32. The maximum absolute atomic E-state index is 12.7. The SMILES string of the molecule is COc1ccc(OC)c(-c2cc(C(=O)NCc3nc(-c4ccccc4)no3)n(C)n2)c1. The van der Waals surface area contributed by atoms with Gasteiger partial charge in [-0.2, -0.15) is 10.1 Å². The van der Waals surface area contributed by atoms with Gasteiger partial charge in [0.15, 0.2) is 0 Å². The predicted molar refractivity (Wildman–Crippen MR) is 113 cm³/mol. The molecule has 0 saturated heterocycles. The Balaban J connectivity index is 1.49. The fourth-order valence-electron chi connectivity index (χ4n) is 3.10. The van der Waals surface area contributed by atoms with E-state index >= 15 is 0 Å². The van der Waals surface area contributed by atoms with Crippen LogP contribution in [-0.4, -0.2) is 40.0 Å². The van der Waals surface area contributed by atoms with Gasteiger partial charge < -0.3 is 19.3 Å². The van der Waals surface area contributed by atoms with E-state index in [0.29, 0.717) is 34.6 Å². The van der Waals surface area contributed by atoms with Gasteiger partial charge in [0.1, 0.15) is 17.2 Å². The van der Waals surface area contributed by atoms with E-state index in [1.54, 1.807) is 39.5 Å². The second-order valence-corrected chi connectivity index (χ2v) is 6.67. The molecular formula is C22H21N5O4. The summed E-state index contributed by atoms with van der Waals surface area (Å²) in [6.07, 6.45) is 0. The zero-order chi connectivity index (χ0) is 21.8. The van der Waals surface area contributed by atoms with E-state index in [4.69, 9.17) is 14.0 Å². The Morgan fingerprint density at radius 3 is 2.65 bits per heavy atom. The molecule has 0 saturated carbocycles. The molecule has 0 aliphatic carbocycles. The van der Waals surface area contributed by atoms with Crippen LogP contribution in [-0.2, 0) is 13.6 Å². The topological polar surface area (TPSA) is 104 Å². The lowest BCUT2D eigenvalue weighted by Crippen LogP contribution is -2.25. The van der Waals surface area contributed by atoms with E-state index in [1.165, 1.54) is 4.68 Å². The highest BCUT2D eigenvalue weighted by atomic mass is 16.5. The first-order chi connectivity index (χ1) is 15.1. The molecule has 4 rings (SSSR count). The van der Waals surface area contributed by atoms with Crippen molar-refractivity contribution in [3.8, 4) is 34.1 Å². The largest absolute Gasteiger partial charge is 0.497 e. The molecule has 0 spiro atoms. The van der Waals surface area contributed by atoms with Gasteiger partial charge in [-0.15, -0.1) is 0 Å². The third kappa shape index (κ3) is 4.25. The van der Waals surface area contributed by atoms with Gasteiger partial charge in [0.25, 0.3) is 5.91 Å². The molecule has 0 bridgehead atoms. The maximum Gasteiger partial charge on any atom is 0.269 e. The highest BCUT2D eigenvalue weighted by molar-refractivity contribution is 5.93. The number of rotatable bonds is 7. The minimum absolute atomic E-state index is 0.0989. The van der Waals surface area contributed by atoms with E-state index in [2.05, 4.69) is 20.6 Å². The number of ether oxygens (including phenoxy) is 2. The number of carbonyl (C=O) groups excluding carboxylic acids is 1. The highest BCUT2D eigenvalue weighted by Gasteiger charge is 2.18. The molecule has 9 nitrogen and oxygen atoms in total. The lowest BCUT2D eigenvalue weighted by Gasteiger charge is -2.08. The van der Waals surface area contributed by atoms with Crippen LogP contribution in [0.25, 0.3) is 22.6 Å². The Morgan fingerprint density at radius 2 is 1.90 bits per heavy atom. The van der Waals surface area contributed by atoms with Crippen LogP contribution in [0.3, 0.4) is 0 Å². The molecule has 0 fully saturated rings. The molecular weight excluding hydrogens is 398 g/mol. The first-order valence-electron chi connectivity index (χ1n) is 9.51. The zero-order valence-corrected chi connectivity index (χ0v) is 17.3.